The van der Waals surface area contributed by atoms with Crippen LogP contribution >= 0.6 is 11.3 Å². The molecule has 2 saturated carbocycles. The van der Waals surface area contributed by atoms with Gasteiger partial charge in [0.15, 0.2) is 0 Å². The first kappa shape index (κ1) is 19.2. The molecule has 0 radical (unpaired) electrons. The Hall–Kier alpha value is -2.78. The number of allylic oxidation sites excluding steroid dienone is 2. The van der Waals surface area contributed by atoms with Gasteiger partial charge < -0.3 is 11.1 Å². The Morgan fingerprint density at radius 1 is 1.10 bits per heavy atom. The van der Waals surface area contributed by atoms with E-state index in [0.29, 0.717) is 0 Å². The minimum Gasteiger partial charge on any atom is -0.397 e. The van der Waals surface area contributed by atoms with Crippen molar-refractivity contribution >= 4 is 34.5 Å². The van der Waals surface area contributed by atoms with E-state index in [1.165, 1.54) is 56.8 Å². The second kappa shape index (κ2) is 7.81. The molecule has 2 aliphatic rings. The van der Waals surface area contributed by atoms with Crippen LogP contribution in [0.15, 0.2) is 65.1 Å². The van der Waals surface area contributed by atoms with Gasteiger partial charge in [-0.25, -0.2) is 0 Å². The summed E-state index contributed by atoms with van der Waals surface area (Å²) in [5, 5.41) is 5.81. The van der Waals surface area contributed by atoms with E-state index in [4.69, 9.17) is 5.73 Å². The average molecular weight is 413 g/mol. The molecule has 152 valence electrons. The third-order valence-corrected chi connectivity index (χ3v) is 7.06. The van der Waals surface area contributed by atoms with Crippen molar-refractivity contribution < 1.29 is 0 Å². The van der Waals surface area contributed by atoms with E-state index in [1.807, 2.05) is 6.07 Å². The number of thiophene rings is 1. The van der Waals surface area contributed by atoms with Crippen LogP contribution in [0.1, 0.15) is 49.3 Å². The van der Waals surface area contributed by atoms with E-state index in [2.05, 4.69) is 73.1 Å². The molecular weight excluding hydrogens is 384 g/mol. The number of rotatable bonds is 6. The lowest BCUT2D eigenvalue weighted by Crippen LogP contribution is -2.03. The summed E-state index contributed by atoms with van der Waals surface area (Å²) in [5.74, 6) is 0.798. The molecule has 0 aliphatic heterocycles. The Bertz CT molecular complexity index is 1140. The minimum absolute atomic E-state index is 0.783. The van der Waals surface area contributed by atoms with Crippen LogP contribution in [-0.4, -0.2) is 0 Å². The second-order valence-corrected chi connectivity index (χ2v) is 9.56. The van der Waals surface area contributed by atoms with Gasteiger partial charge in [0.25, 0.3) is 0 Å². The zero-order chi connectivity index (χ0) is 20.7. The van der Waals surface area contributed by atoms with Crippen molar-refractivity contribution in [3.63, 3.8) is 0 Å². The standard InChI is InChI=1S/C27H28N2S/c1-17-5-6-22(15-23(17)14-18(2)19-7-8-19)27(20-9-10-20)29-25-16-21(11-12-24(25)28)26-4-3-13-30-26/h3-6,11-16,19,29H,7-10,28H2,1-2H3/b18-14+. The van der Waals surface area contributed by atoms with Gasteiger partial charge in [0, 0.05) is 10.6 Å². The van der Waals surface area contributed by atoms with E-state index >= 15 is 0 Å². The summed E-state index contributed by atoms with van der Waals surface area (Å²) in [7, 11) is 0. The number of aryl methyl sites for hydroxylation is 1. The molecule has 0 unspecified atom stereocenters. The van der Waals surface area contributed by atoms with Crippen LogP contribution in [0.2, 0.25) is 0 Å². The maximum Gasteiger partial charge on any atom is 0.0624 e. The molecule has 2 aliphatic carbocycles. The van der Waals surface area contributed by atoms with Crippen molar-refractivity contribution in [2.75, 3.05) is 11.1 Å². The van der Waals surface area contributed by atoms with Gasteiger partial charge in [-0.3, -0.25) is 0 Å². The van der Waals surface area contributed by atoms with Crippen molar-refractivity contribution in [2.24, 2.45) is 5.92 Å². The van der Waals surface area contributed by atoms with E-state index < -0.39 is 0 Å². The molecular formula is C27H28N2S. The molecule has 3 N–H and O–H groups in total. The molecule has 0 bridgehead atoms. The third-order valence-electron chi connectivity index (χ3n) is 6.14. The van der Waals surface area contributed by atoms with E-state index in [0.717, 1.165) is 30.1 Å². The zero-order valence-corrected chi connectivity index (χ0v) is 18.5. The fraction of sp³-hybridized carbons (Fsp3) is 0.259. The lowest BCUT2D eigenvalue weighted by molar-refractivity contribution is 1.02. The number of nitrogens with two attached hydrogens (primary N) is 1. The molecule has 1 heterocycles. The topological polar surface area (TPSA) is 38.0 Å². The van der Waals surface area contributed by atoms with Crippen LogP contribution in [0, 0.1) is 12.8 Å². The molecule has 2 fully saturated rings. The SMILES string of the molecule is C/C(=C\c1cc(C(Nc2cc(-c3cccs3)ccc2N)=C2CC2)ccc1C)C1CC1. The van der Waals surface area contributed by atoms with Crippen molar-refractivity contribution in [2.45, 2.75) is 39.5 Å². The average Bonchev–Trinajstić information content (AvgIpc) is 3.68. The van der Waals surface area contributed by atoms with Crippen LogP contribution in [0.3, 0.4) is 0 Å². The van der Waals surface area contributed by atoms with Crippen molar-refractivity contribution in [1.82, 2.24) is 0 Å². The van der Waals surface area contributed by atoms with E-state index in [9.17, 15) is 0 Å². The summed E-state index contributed by atoms with van der Waals surface area (Å²) in [6.07, 6.45) is 7.40. The number of nitrogen functional groups attached to an aromatic ring is 1. The summed E-state index contributed by atoms with van der Waals surface area (Å²) in [6.45, 7) is 4.48. The van der Waals surface area contributed by atoms with Gasteiger partial charge in [-0.1, -0.05) is 35.9 Å². The monoisotopic (exact) mass is 412 g/mol. The highest BCUT2D eigenvalue weighted by atomic mass is 32.1. The van der Waals surface area contributed by atoms with Crippen molar-refractivity contribution in [1.29, 1.82) is 0 Å². The largest absolute Gasteiger partial charge is 0.397 e. The molecule has 2 aromatic carbocycles. The predicted molar refractivity (Wildman–Crippen MR) is 131 cm³/mol. The summed E-state index contributed by atoms with van der Waals surface area (Å²) in [5.41, 5.74) is 17.5. The van der Waals surface area contributed by atoms with Gasteiger partial charge >= 0.3 is 0 Å². The first-order valence-electron chi connectivity index (χ1n) is 10.8. The Morgan fingerprint density at radius 2 is 1.93 bits per heavy atom. The normalized spacial score (nSPS) is 15.9. The van der Waals surface area contributed by atoms with Crippen LogP contribution in [0.5, 0.6) is 0 Å². The van der Waals surface area contributed by atoms with Gasteiger partial charge in [0.1, 0.15) is 0 Å². The van der Waals surface area contributed by atoms with Gasteiger partial charge in [-0.15, -0.1) is 11.3 Å². The quantitative estimate of drug-likeness (QED) is 0.406. The molecule has 3 heteroatoms. The summed E-state index contributed by atoms with van der Waals surface area (Å²) < 4.78 is 0. The number of nitrogens with one attached hydrogen (secondary N) is 1. The molecule has 2 nitrogen and oxygen atoms in total. The van der Waals surface area contributed by atoms with Crippen molar-refractivity contribution in [3.8, 4) is 10.4 Å². The minimum atomic E-state index is 0.783. The van der Waals surface area contributed by atoms with Crippen LogP contribution in [-0.2, 0) is 0 Å². The lowest BCUT2D eigenvalue weighted by Gasteiger charge is -2.16. The Morgan fingerprint density at radius 3 is 2.63 bits per heavy atom. The lowest BCUT2D eigenvalue weighted by atomic mass is 9.99. The second-order valence-electron chi connectivity index (χ2n) is 8.62. The Balaban J connectivity index is 1.49. The molecule has 5 rings (SSSR count). The van der Waals surface area contributed by atoms with Crippen LogP contribution < -0.4 is 11.1 Å². The summed E-state index contributed by atoms with van der Waals surface area (Å²) >= 11 is 1.75. The molecule has 0 saturated heterocycles. The fourth-order valence-corrected chi connectivity index (χ4v) is 4.65. The summed E-state index contributed by atoms with van der Waals surface area (Å²) in [6, 6.07) is 17.4. The van der Waals surface area contributed by atoms with Gasteiger partial charge in [-0.05, 0) is 103 Å². The highest BCUT2D eigenvalue weighted by Crippen LogP contribution is 2.40. The molecule has 0 atom stereocenters. The first-order chi connectivity index (χ1) is 14.6. The Kier molecular flexibility index (Phi) is 5.00. The number of anilines is 2. The zero-order valence-electron chi connectivity index (χ0n) is 17.7. The first-order valence-corrected chi connectivity index (χ1v) is 11.7. The molecule has 0 spiro atoms. The third kappa shape index (κ3) is 4.08. The van der Waals surface area contributed by atoms with E-state index in [-0.39, 0.29) is 0 Å². The molecule has 1 aromatic heterocycles. The highest BCUT2D eigenvalue weighted by Gasteiger charge is 2.23. The molecule has 3 aromatic rings. The number of hydrogen-bond acceptors (Lipinski definition) is 3. The number of hydrogen-bond donors (Lipinski definition) is 2. The molecule has 30 heavy (non-hydrogen) atoms. The highest BCUT2D eigenvalue weighted by molar-refractivity contribution is 7.13. The summed E-state index contributed by atoms with van der Waals surface area (Å²) in [4.78, 5) is 1.26. The van der Waals surface area contributed by atoms with Gasteiger partial charge in [0.05, 0.1) is 11.4 Å². The van der Waals surface area contributed by atoms with Crippen LogP contribution in [0.4, 0.5) is 11.4 Å². The smallest absolute Gasteiger partial charge is 0.0624 e. The number of benzene rings is 2. The van der Waals surface area contributed by atoms with Gasteiger partial charge in [-0.2, -0.15) is 0 Å². The van der Waals surface area contributed by atoms with Crippen molar-refractivity contribution in [3.05, 3.63) is 81.7 Å². The predicted octanol–water partition coefficient (Wildman–Crippen LogP) is 7.74. The molecule has 0 amide bonds. The maximum atomic E-state index is 6.36. The van der Waals surface area contributed by atoms with E-state index in [1.54, 1.807) is 11.3 Å². The fourth-order valence-electron chi connectivity index (χ4n) is 3.93. The van der Waals surface area contributed by atoms with Crippen LogP contribution in [0.25, 0.3) is 22.2 Å². The Labute approximate surface area is 183 Å². The maximum absolute atomic E-state index is 6.36. The van der Waals surface area contributed by atoms with Gasteiger partial charge in [0.2, 0.25) is 0 Å².